The molecule has 3 aromatic rings. The molecule has 2 N–H and O–H groups in total. The van der Waals surface area contributed by atoms with E-state index >= 15 is 0 Å². The maximum Gasteiger partial charge on any atom is 0.0594 e. The summed E-state index contributed by atoms with van der Waals surface area (Å²) in [6.45, 7) is 1.47. The van der Waals surface area contributed by atoms with Crippen molar-refractivity contribution in [3.05, 3.63) is 87.1 Å². The third-order valence-corrected chi connectivity index (χ3v) is 4.60. The fourth-order valence-corrected chi connectivity index (χ4v) is 2.73. The van der Waals surface area contributed by atoms with Crippen LogP contribution in [0.4, 0.5) is 11.4 Å². The number of nitrogens with one attached hydrogen (secondary N) is 2. The molecule has 1 aromatic heterocycles. The number of rotatable bonds is 6. The van der Waals surface area contributed by atoms with E-state index in [2.05, 4.69) is 59.6 Å². The van der Waals surface area contributed by atoms with E-state index in [1.165, 1.54) is 0 Å². The largest absolute Gasteiger partial charge is 0.381 e. The molecule has 0 radical (unpaired) electrons. The Bertz CT molecular complexity index is 701. The number of nitrogens with zero attached hydrogens (tertiary/aromatic N) is 1. The quantitative estimate of drug-likeness (QED) is 0.500. The van der Waals surface area contributed by atoms with Gasteiger partial charge in [-0.2, -0.15) is 0 Å². The van der Waals surface area contributed by atoms with Gasteiger partial charge in [0, 0.05) is 33.1 Å². The molecule has 0 spiro atoms. The Balaban J connectivity index is 1.51. The lowest BCUT2D eigenvalue weighted by Crippen LogP contribution is -2.03. The predicted molar refractivity (Wildman–Crippen MR) is 107 cm³/mol. The molecule has 0 atom stereocenters. The highest BCUT2D eigenvalue weighted by Gasteiger charge is 1.99. The second kappa shape index (κ2) is 8.31. The van der Waals surface area contributed by atoms with Crippen molar-refractivity contribution in [2.24, 2.45) is 0 Å². The van der Waals surface area contributed by atoms with Crippen molar-refractivity contribution in [3.63, 3.8) is 0 Å². The van der Waals surface area contributed by atoms with Crippen LogP contribution in [0.3, 0.4) is 0 Å². The number of pyridine rings is 1. The van der Waals surface area contributed by atoms with Crippen LogP contribution in [0, 0.1) is 0 Å². The molecule has 0 saturated heterocycles. The smallest absolute Gasteiger partial charge is 0.0594 e. The Labute approximate surface area is 158 Å². The van der Waals surface area contributed by atoms with Crippen molar-refractivity contribution in [1.29, 1.82) is 0 Å². The first-order valence-electron chi connectivity index (χ1n) is 7.62. The van der Waals surface area contributed by atoms with Crippen molar-refractivity contribution >= 4 is 43.2 Å². The fourth-order valence-electron chi connectivity index (χ4n) is 2.20. The number of hydrogen-bond donors (Lipinski definition) is 2. The first kappa shape index (κ1) is 17.0. The molecule has 0 fully saturated rings. The molecule has 0 aliphatic rings. The summed E-state index contributed by atoms with van der Waals surface area (Å²) in [7, 11) is 0. The van der Waals surface area contributed by atoms with Crippen molar-refractivity contribution in [3.8, 4) is 0 Å². The van der Waals surface area contributed by atoms with Crippen LogP contribution in [0.1, 0.15) is 11.3 Å². The Kier molecular flexibility index (Phi) is 5.88. The zero-order valence-electron chi connectivity index (χ0n) is 13.0. The summed E-state index contributed by atoms with van der Waals surface area (Å²) in [5, 5.41) is 6.76. The topological polar surface area (TPSA) is 37.0 Å². The van der Waals surface area contributed by atoms with Crippen molar-refractivity contribution in [1.82, 2.24) is 4.98 Å². The molecule has 3 nitrogen and oxygen atoms in total. The van der Waals surface area contributed by atoms with E-state index in [0.717, 1.165) is 38.1 Å². The first-order valence-corrected chi connectivity index (χ1v) is 9.20. The van der Waals surface area contributed by atoms with Gasteiger partial charge in [-0.1, -0.05) is 37.9 Å². The molecule has 0 aliphatic heterocycles. The molecular weight excluding hydrogens is 430 g/mol. The summed E-state index contributed by atoms with van der Waals surface area (Å²) in [4.78, 5) is 4.52. The third-order valence-electron chi connectivity index (χ3n) is 3.54. The van der Waals surface area contributed by atoms with Gasteiger partial charge in [-0.3, -0.25) is 4.98 Å². The van der Waals surface area contributed by atoms with Gasteiger partial charge in [-0.05, 0) is 60.2 Å². The lowest BCUT2D eigenvalue weighted by Gasteiger charge is -2.08. The van der Waals surface area contributed by atoms with Gasteiger partial charge in [-0.25, -0.2) is 0 Å². The predicted octanol–water partition coefficient (Wildman–Crippen LogP) is 5.83. The zero-order valence-corrected chi connectivity index (χ0v) is 16.1. The van der Waals surface area contributed by atoms with Gasteiger partial charge in [0.25, 0.3) is 0 Å². The van der Waals surface area contributed by atoms with Crippen LogP contribution in [-0.2, 0) is 13.1 Å². The monoisotopic (exact) mass is 445 g/mol. The molecule has 122 valence electrons. The van der Waals surface area contributed by atoms with Gasteiger partial charge in [0.2, 0.25) is 0 Å². The minimum atomic E-state index is 0.710. The van der Waals surface area contributed by atoms with Crippen LogP contribution in [0.15, 0.2) is 75.8 Å². The summed E-state index contributed by atoms with van der Waals surface area (Å²) in [5.74, 6) is 0. The zero-order chi connectivity index (χ0) is 16.8. The van der Waals surface area contributed by atoms with Crippen LogP contribution >= 0.6 is 31.9 Å². The standard InChI is InChI=1S/C19H17Br2N3/c20-15-2-7-17(8-3-15)22-11-14-1-6-19(23-12-14)13-24-18-9-4-16(21)5-10-18/h1-10,12,22,24H,11,13H2. The molecule has 2 aromatic carbocycles. The average Bonchev–Trinajstić information content (AvgIpc) is 2.62. The minimum absolute atomic E-state index is 0.710. The molecule has 3 rings (SSSR count). The van der Waals surface area contributed by atoms with Gasteiger partial charge in [0.05, 0.1) is 12.2 Å². The highest BCUT2D eigenvalue weighted by atomic mass is 79.9. The molecule has 0 bridgehead atoms. The minimum Gasteiger partial charge on any atom is -0.381 e. The van der Waals surface area contributed by atoms with Crippen molar-refractivity contribution in [2.75, 3.05) is 10.6 Å². The second-order valence-corrected chi connectivity index (χ2v) is 7.21. The van der Waals surface area contributed by atoms with Gasteiger partial charge >= 0.3 is 0 Å². The van der Waals surface area contributed by atoms with E-state index in [4.69, 9.17) is 0 Å². The normalized spacial score (nSPS) is 10.4. The number of halogens is 2. The van der Waals surface area contributed by atoms with E-state index < -0.39 is 0 Å². The third kappa shape index (κ3) is 5.08. The van der Waals surface area contributed by atoms with Crippen molar-refractivity contribution < 1.29 is 0 Å². The lowest BCUT2D eigenvalue weighted by molar-refractivity contribution is 1.02. The maximum absolute atomic E-state index is 4.52. The average molecular weight is 447 g/mol. The molecular formula is C19H17Br2N3. The first-order chi connectivity index (χ1) is 11.7. The van der Waals surface area contributed by atoms with Gasteiger partial charge in [-0.15, -0.1) is 0 Å². The number of aromatic nitrogens is 1. The van der Waals surface area contributed by atoms with Gasteiger partial charge in [0.1, 0.15) is 0 Å². The summed E-state index contributed by atoms with van der Waals surface area (Å²) in [6.07, 6.45) is 1.92. The molecule has 0 aliphatic carbocycles. The van der Waals surface area contributed by atoms with E-state index in [9.17, 15) is 0 Å². The Hall–Kier alpha value is -1.85. The molecule has 24 heavy (non-hydrogen) atoms. The van der Waals surface area contributed by atoms with Crippen LogP contribution in [0.5, 0.6) is 0 Å². The highest BCUT2D eigenvalue weighted by Crippen LogP contribution is 2.16. The van der Waals surface area contributed by atoms with Crippen LogP contribution in [0.2, 0.25) is 0 Å². The Morgan fingerprint density at radius 3 is 1.71 bits per heavy atom. The number of hydrogen-bond acceptors (Lipinski definition) is 3. The highest BCUT2D eigenvalue weighted by molar-refractivity contribution is 9.10. The van der Waals surface area contributed by atoms with E-state index in [0.29, 0.717) is 6.54 Å². The van der Waals surface area contributed by atoms with Crippen LogP contribution < -0.4 is 10.6 Å². The van der Waals surface area contributed by atoms with E-state index in [1.54, 1.807) is 0 Å². The number of anilines is 2. The van der Waals surface area contributed by atoms with Gasteiger partial charge in [0.15, 0.2) is 0 Å². The van der Waals surface area contributed by atoms with Gasteiger partial charge < -0.3 is 10.6 Å². The summed E-state index contributed by atoms with van der Waals surface area (Å²) >= 11 is 6.87. The molecule has 1 heterocycles. The summed E-state index contributed by atoms with van der Waals surface area (Å²) < 4.78 is 2.16. The van der Waals surface area contributed by atoms with Crippen LogP contribution in [0.25, 0.3) is 0 Å². The molecule has 5 heteroatoms. The Morgan fingerprint density at radius 2 is 1.21 bits per heavy atom. The summed E-state index contributed by atoms with van der Waals surface area (Å²) in [5.41, 5.74) is 4.36. The SMILES string of the molecule is Brc1ccc(NCc2ccc(CNc3ccc(Br)cc3)nc2)cc1. The second-order valence-electron chi connectivity index (χ2n) is 5.38. The lowest BCUT2D eigenvalue weighted by atomic mass is 10.2. The molecule has 0 saturated carbocycles. The van der Waals surface area contributed by atoms with Crippen molar-refractivity contribution in [2.45, 2.75) is 13.1 Å². The van der Waals surface area contributed by atoms with Crippen LogP contribution in [-0.4, -0.2) is 4.98 Å². The van der Waals surface area contributed by atoms with E-state index in [-0.39, 0.29) is 0 Å². The fraction of sp³-hybridized carbons (Fsp3) is 0.105. The molecule has 0 unspecified atom stereocenters. The van der Waals surface area contributed by atoms with E-state index in [1.807, 2.05) is 54.7 Å². The Morgan fingerprint density at radius 1 is 0.667 bits per heavy atom. The summed E-state index contributed by atoms with van der Waals surface area (Å²) in [6, 6.07) is 20.4. The maximum atomic E-state index is 4.52. The molecule has 0 amide bonds. The number of benzene rings is 2.